The lowest BCUT2D eigenvalue weighted by molar-refractivity contribution is -0.221. The van der Waals surface area contributed by atoms with Crippen LogP contribution in [0.1, 0.15) is 5.56 Å². The summed E-state index contributed by atoms with van der Waals surface area (Å²) in [6, 6.07) is 5.35. The van der Waals surface area contributed by atoms with Gasteiger partial charge in [0.05, 0.1) is 13.7 Å². The monoisotopic (exact) mass is 299 g/mol. The number of methoxy groups -OCH3 is 1. The Bertz CT molecular complexity index is 481. The van der Waals surface area contributed by atoms with Gasteiger partial charge in [0, 0.05) is 11.8 Å². The number of aryl methyl sites for hydroxylation is 1. The third-order valence-electron chi connectivity index (χ3n) is 3.61. The molecule has 0 aliphatic carbocycles. The molecule has 1 aromatic carbocycles. The summed E-state index contributed by atoms with van der Waals surface area (Å²) in [5, 5.41) is 41.5. The van der Waals surface area contributed by atoms with Crippen LogP contribution in [0.5, 0.6) is 5.75 Å². The maximum absolute atomic E-state index is 9.95. The molecule has 5 atom stereocenters. The van der Waals surface area contributed by atoms with Gasteiger partial charge in [-0.1, -0.05) is 6.07 Å². The highest BCUT2D eigenvalue weighted by atomic mass is 16.6. The van der Waals surface area contributed by atoms with Gasteiger partial charge in [0.25, 0.3) is 0 Å². The number of aliphatic hydroxyl groups is 4. The van der Waals surface area contributed by atoms with Crippen molar-refractivity contribution in [2.24, 2.45) is 0 Å². The first-order chi connectivity index (χ1) is 9.97. The minimum Gasteiger partial charge on any atom is -0.496 e. The lowest BCUT2D eigenvalue weighted by Crippen LogP contribution is -2.60. The Kier molecular flexibility index (Phi) is 5.02. The van der Waals surface area contributed by atoms with E-state index in [9.17, 15) is 15.3 Å². The van der Waals surface area contributed by atoms with Gasteiger partial charge in [-0.15, -0.1) is 0 Å². The van der Waals surface area contributed by atoms with Gasteiger partial charge in [-0.2, -0.15) is 0 Å². The number of aliphatic hydroxyl groups excluding tert-OH is 4. The van der Waals surface area contributed by atoms with Crippen LogP contribution in [0.2, 0.25) is 0 Å². The van der Waals surface area contributed by atoms with Crippen molar-refractivity contribution in [1.82, 2.24) is 0 Å². The Morgan fingerprint density at radius 1 is 1.19 bits per heavy atom. The smallest absolute Gasteiger partial charge is 0.157 e. The second-order valence-corrected chi connectivity index (χ2v) is 5.08. The second kappa shape index (κ2) is 6.59. The summed E-state index contributed by atoms with van der Waals surface area (Å²) in [6.07, 6.45) is -5.98. The molecule has 1 heterocycles. The molecule has 0 radical (unpaired) electrons. The summed E-state index contributed by atoms with van der Waals surface area (Å²) >= 11 is 0. The fourth-order valence-corrected chi connectivity index (χ4v) is 2.29. The quantitative estimate of drug-likeness (QED) is 0.495. The van der Waals surface area contributed by atoms with Crippen molar-refractivity contribution in [3.05, 3.63) is 23.8 Å². The first-order valence-electron chi connectivity index (χ1n) is 6.69. The second-order valence-electron chi connectivity index (χ2n) is 5.08. The van der Waals surface area contributed by atoms with Gasteiger partial charge in [0.2, 0.25) is 0 Å². The van der Waals surface area contributed by atoms with Crippen LogP contribution in [0.4, 0.5) is 5.69 Å². The van der Waals surface area contributed by atoms with E-state index in [4.69, 9.17) is 14.6 Å². The van der Waals surface area contributed by atoms with Gasteiger partial charge in [-0.05, 0) is 18.6 Å². The molecule has 2 rings (SSSR count). The summed E-state index contributed by atoms with van der Waals surface area (Å²) in [6.45, 7) is 1.44. The largest absolute Gasteiger partial charge is 0.496 e. The molecule has 118 valence electrons. The number of anilines is 1. The molecule has 1 saturated heterocycles. The molecule has 1 aliphatic heterocycles. The van der Waals surface area contributed by atoms with Gasteiger partial charge in [-0.3, -0.25) is 0 Å². The lowest BCUT2D eigenvalue weighted by Gasteiger charge is -2.40. The molecule has 0 saturated carbocycles. The van der Waals surface area contributed by atoms with Crippen LogP contribution >= 0.6 is 0 Å². The minimum absolute atomic E-state index is 0.458. The van der Waals surface area contributed by atoms with Gasteiger partial charge < -0.3 is 35.2 Å². The zero-order valence-corrected chi connectivity index (χ0v) is 11.9. The predicted octanol–water partition coefficient (Wildman–Crippen LogP) is -0.785. The maximum Gasteiger partial charge on any atom is 0.157 e. The average molecular weight is 299 g/mol. The highest BCUT2D eigenvalue weighted by Crippen LogP contribution is 2.26. The molecule has 0 bridgehead atoms. The first-order valence-corrected chi connectivity index (χ1v) is 6.69. The van der Waals surface area contributed by atoms with Crippen LogP contribution in [0.15, 0.2) is 18.2 Å². The summed E-state index contributed by atoms with van der Waals surface area (Å²) in [4.78, 5) is 0. The molecule has 0 spiro atoms. The summed E-state index contributed by atoms with van der Waals surface area (Å²) in [7, 11) is 1.56. The summed E-state index contributed by atoms with van der Waals surface area (Å²) in [5.41, 5.74) is 1.58. The third-order valence-corrected chi connectivity index (χ3v) is 3.61. The third kappa shape index (κ3) is 3.28. The molecule has 7 heteroatoms. The Balaban J connectivity index is 2.14. The van der Waals surface area contributed by atoms with Crippen molar-refractivity contribution in [2.45, 2.75) is 37.6 Å². The highest BCUT2D eigenvalue weighted by Gasteiger charge is 2.43. The van der Waals surface area contributed by atoms with Gasteiger partial charge >= 0.3 is 0 Å². The van der Waals surface area contributed by atoms with E-state index in [1.54, 1.807) is 19.2 Å². The average Bonchev–Trinajstić information content (AvgIpc) is 2.49. The number of hydrogen-bond donors (Lipinski definition) is 5. The van der Waals surface area contributed by atoms with Crippen molar-refractivity contribution in [1.29, 1.82) is 0 Å². The summed E-state index contributed by atoms with van der Waals surface area (Å²) in [5.74, 6) is 0.671. The number of hydrogen-bond acceptors (Lipinski definition) is 7. The zero-order valence-electron chi connectivity index (χ0n) is 11.9. The van der Waals surface area contributed by atoms with E-state index < -0.39 is 37.3 Å². The van der Waals surface area contributed by atoms with Crippen molar-refractivity contribution >= 4 is 5.69 Å². The van der Waals surface area contributed by atoms with Crippen molar-refractivity contribution in [3.63, 3.8) is 0 Å². The van der Waals surface area contributed by atoms with E-state index in [2.05, 4.69) is 5.32 Å². The first kappa shape index (κ1) is 16.0. The fraction of sp³-hybridized carbons (Fsp3) is 0.571. The normalized spacial score (nSPS) is 32.8. The summed E-state index contributed by atoms with van der Waals surface area (Å²) < 4.78 is 10.6. The molecule has 0 unspecified atom stereocenters. The molecule has 1 aliphatic rings. The van der Waals surface area contributed by atoms with Gasteiger partial charge in [0.1, 0.15) is 30.2 Å². The van der Waals surface area contributed by atoms with Gasteiger partial charge in [-0.25, -0.2) is 0 Å². The van der Waals surface area contributed by atoms with E-state index >= 15 is 0 Å². The molecule has 5 N–H and O–H groups in total. The van der Waals surface area contributed by atoms with E-state index in [1.165, 1.54) is 0 Å². The number of benzene rings is 1. The zero-order chi connectivity index (χ0) is 15.6. The maximum atomic E-state index is 9.95. The standard InChI is InChI=1S/C14H21NO6/c1-7-3-4-8(5-9(7)20-2)15-14-13(19)12(18)11(17)10(6-16)21-14/h3-5,10-19H,6H2,1-2H3/t10-,11+,12+,13+,14-/m0/s1. The molecule has 1 fully saturated rings. The van der Waals surface area contributed by atoms with Crippen LogP contribution in [0.25, 0.3) is 0 Å². The molecule has 1 aromatic rings. The molecule has 7 nitrogen and oxygen atoms in total. The SMILES string of the molecule is COc1cc(N[C@H]2O[C@@H](CO)[C@@H](O)[C@@H](O)[C@H]2O)ccc1C. The molecule has 0 aromatic heterocycles. The van der Waals surface area contributed by atoms with E-state index in [0.717, 1.165) is 5.56 Å². The molecular weight excluding hydrogens is 278 g/mol. The van der Waals surface area contributed by atoms with E-state index in [0.29, 0.717) is 11.4 Å². The molecule has 21 heavy (non-hydrogen) atoms. The Morgan fingerprint density at radius 3 is 2.52 bits per heavy atom. The highest BCUT2D eigenvalue weighted by molar-refractivity contribution is 5.52. The minimum atomic E-state index is -1.40. The van der Waals surface area contributed by atoms with Crippen LogP contribution in [-0.4, -0.2) is 64.8 Å². The van der Waals surface area contributed by atoms with Crippen LogP contribution in [0, 0.1) is 6.92 Å². The van der Waals surface area contributed by atoms with Crippen LogP contribution in [0.3, 0.4) is 0 Å². The van der Waals surface area contributed by atoms with Gasteiger partial charge in [0.15, 0.2) is 6.23 Å². The van der Waals surface area contributed by atoms with Crippen molar-refractivity contribution in [3.8, 4) is 5.75 Å². The van der Waals surface area contributed by atoms with E-state index in [-0.39, 0.29) is 0 Å². The Labute approximate surface area is 122 Å². The molecule has 0 amide bonds. The predicted molar refractivity (Wildman–Crippen MR) is 75.1 cm³/mol. The Morgan fingerprint density at radius 2 is 1.90 bits per heavy atom. The number of rotatable bonds is 4. The van der Waals surface area contributed by atoms with Crippen LogP contribution < -0.4 is 10.1 Å². The van der Waals surface area contributed by atoms with Crippen LogP contribution in [-0.2, 0) is 4.74 Å². The number of ether oxygens (including phenoxy) is 2. The topological polar surface area (TPSA) is 111 Å². The van der Waals surface area contributed by atoms with Crippen molar-refractivity contribution in [2.75, 3.05) is 19.0 Å². The number of nitrogens with one attached hydrogen (secondary N) is 1. The van der Waals surface area contributed by atoms with E-state index in [1.807, 2.05) is 13.0 Å². The Hall–Kier alpha value is -1.38. The fourth-order valence-electron chi connectivity index (χ4n) is 2.29. The van der Waals surface area contributed by atoms with Crippen molar-refractivity contribution < 1.29 is 29.9 Å². The molecular formula is C14H21NO6. The lowest BCUT2D eigenvalue weighted by atomic mass is 9.98.